The van der Waals surface area contributed by atoms with Crippen molar-refractivity contribution in [3.8, 4) is 5.75 Å². The molecule has 1 atom stereocenters. The van der Waals surface area contributed by atoms with Gasteiger partial charge in [0.25, 0.3) is 5.91 Å². The van der Waals surface area contributed by atoms with Gasteiger partial charge in [-0.15, -0.1) is 12.4 Å². The number of carbonyl (C=O) groups excluding carboxylic acids is 1. The molecule has 9 heteroatoms. The zero-order valence-electron chi connectivity index (χ0n) is 15.4. The molecule has 2 aromatic rings. The molecule has 0 saturated carbocycles. The third-order valence-corrected chi connectivity index (χ3v) is 3.85. The fraction of sp³-hybridized carbons (Fsp3) is 0.263. The van der Waals surface area contributed by atoms with Crippen LogP contribution in [0.2, 0.25) is 0 Å². The van der Waals surface area contributed by atoms with E-state index in [4.69, 9.17) is 20.6 Å². The molecule has 0 aliphatic carbocycles. The summed E-state index contributed by atoms with van der Waals surface area (Å²) in [5.41, 5.74) is 6.21. The fourth-order valence-electron chi connectivity index (χ4n) is 2.47. The fourth-order valence-corrected chi connectivity index (χ4v) is 2.47. The number of nitrogens with one attached hydrogen (secondary N) is 2. The largest absolute Gasteiger partial charge is 0.497 e. The van der Waals surface area contributed by atoms with E-state index in [1.165, 1.54) is 7.11 Å². The average molecular weight is 414 g/mol. The smallest absolute Gasteiger partial charge is 0.254 e. The van der Waals surface area contributed by atoms with Crippen molar-refractivity contribution in [3.05, 3.63) is 64.7 Å². The first-order valence-electron chi connectivity index (χ1n) is 8.23. The zero-order valence-corrected chi connectivity index (χ0v) is 16.2. The van der Waals surface area contributed by atoms with E-state index >= 15 is 0 Å². The van der Waals surface area contributed by atoms with Crippen LogP contribution in [0.1, 0.15) is 29.7 Å². The molecule has 0 aromatic heterocycles. The van der Waals surface area contributed by atoms with Gasteiger partial charge in [0, 0.05) is 30.8 Å². The third-order valence-electron chi connectivity index (χ3n) is 3.85. The highest BCUT2D eigenvalue weighted by Gasteiger charge is 2.28. The number of nitrogen functional groups attached to an aromatic ring is 1. The lowest BCUT2D eigenvalue weighted by molar-refractivity contribution is -0.133. The van der Waals surface area contributed by atoms with Gasteiger partial charge in [0.05, 0.1) is 12.7 Å². The highest BCUT2D eigenvalue weighted by Crippen LogP contribution is 2.28. The topological polar surface area (TPSA) is 97.4 Å². The van der Waals surface area contributed by atoms with Crippen molar-refractivity contribution in [2.45, 2.75) is 19.6 Å². The molecule has 4 N–H and O–H groups in total. The molecule has 0 saturated heterocycles. The molecule has 0 unspecified atom stereocenters. The number of rotatable bonds is 8. The van der Waals surface area contributed by atoms with Crippen molar-refractivity contribution in [2.24, 2.45) is 5.73 Å². The Kier molecular flexibility index (Phi) is 8.81. The van der Waals surface area contributed by atoms with Gasteiger partial charge < -0.3 is 20.5 Å². The number of amidine groups is 1. The standard InChI is InChI=1S/C19H21F2N3O3.ClH/c1-3-27-17(16-14(20)8-13(26-2)9-15(16)21)19(25)24-10-11-4-6-12(7-5-11)18(22)23;/h4-9,17H,3,10H2,1-2H3,(H3,22,23)(H,24,25);1H/t17-;/m0./s1. The lowest BCUT2D eigenvalue weighted by atomic mass is 10.1. The van der Waals surface area contributed by atoms with E-state index in [0.717, 1.165) is 17.7 Å². The number of hydrogen-bond acceptors (Lipinski definition) is 4. The molecule has 0 aliphatic heterocycles. The molecule has 0 heterocycles. The van der Waals surface area contributed by atoms with Crippen LogP contribution >= 0.6 is 12.4 Å². The zero-order chi connectivity index (χ0) is 20.0. The molecule has 0 aliphatic rings. The second kappa shape index (κ2) is 10.6. The summed E-state index contributed by atoms with van der Waals surface area (Å²) in [5.74, 6) is -2.57. The number of methoxy groups -OCH3 is 1. The Labute approximate surface area is 167 Å². The Hall–Kier alpha value is -2.71. The van der Waals surface area contributed by atoms with Crippen molar-refractivity contribution < 1.29 is 23.0 Å². The molecule has 28 heavy (non-hydrogen) atoms. The Bertz CT molecular complexity index is 809. The molecule has 2 rings (SSSR count). The van der Waals surface area contributed by atoms with Gasteiger partial charge in [-0.25, -0.2) is 8.78 Å². The van der Waals surface area contributed by atoms with Crippen molar-refractivity contribution >= 4 is 24.1 Å². The van der Waals surface area contributed by atoms with E-state index in [1.807, 2.05) is 0 Å². The van der Waals surface area contributed by atoms with Crippen LogP contribution < -0.4 is 15.8 Å². The quantitative estimate of drug-likeness (QED) is 0.457. The lowest BCUT2D eigenvalue weighted by Crippen LogP contribution is -2.31. The molecular formula is C19H22ClF2N3O3. The summed E-state index contributed by atoms with van der Waals surface area (Å²) in [6.07, 6.45) is -1.43. The minimum atomic E-state index is -1.43. The Morgan fingerprint density at radius 1 is 1.21 bits per heavy atom. The normalized spacial score (nSPS) is 11.3. The molecule has 152 valence electrons. The molecule has 0 radical (unpaired) electrons. The van der Waals surface area contributed by atoms with Gasteiger partial charge in [-0.2, -0.15) is 0 Å². The maximum Gasteiger partial charge on any atom is 0.254 e. The number of hydrogen-bond donors (Lipinski definition) is 3. The number of carbonyl (C=O) groups is 1. The summed E-state index contributed by atoms with van der Waals surface area (Å²) in [6, 6.07) is 8.68. The second-order valence-corrected chi connectivity index (χ2v) is 5.67. The average Bonchev–Trinajstić information content (AvgIpc) is 2.65. The van der Waals surface area contributed by atoms with Gasteiger partial charge in [0.1, 0.15) is 23.2 Å². The van der Waals surface area contributed by atoms with Crippen molar-refractivity contribution in [3.63, 3.8) is 0 Å². The van der Waals surface area contributed by atoms with E-state index in [1.54, 1.807) is 31.2 Å². The first-order valence-corrected chi connectivity index (χ1v) is 8.23. The highest BCUT2D eigenvalue weighted by atomic mass is 35.5. The predicted molar refractivity (Wildman–Crippen MR) is 104 cm³/mol. The van der Waals surface area contributed by atoms with Crippen LogP contribution in [0.3, 0.4) is 0 Å². The number of ether oxygens (including phenoxy) is 2. The monoisotopic (exact) mass is 413 g/mol. The van der Waals surface area contributed by atoms with Crippen molar-refractivity contribution in [1.82, 2.24) is 5.32 Å². The summed E-state index contributed by atoms with van der Waals surface area (Å²) in [4.78, 5) is 12.5. The Balaban J connectivity index is 0.00000392. The highest BCUT2D eigenvalue weighted by molar-refractivity contribution is 5.94. The summed E-state index contributed by atoms with van der Waals surface area (Å²) in [7, 11) is 1.29. The molecule has 1 amide bonds. The first kappa shape index (κ1) is 23.3. The molecule has 2 aromatic carbocycles. The number of amides is 1. The van der Waals surface area contributed by atoms with E-state index in [-0.39, 0.29) is 37.1 Å². The number of benzene rings is 2. The van der Waals surface area contributed by atoms with Crippen molar-refractivity contribution in [2.75, 3.05) is 13.7 Å². The van der Waals surface area contributed by atoms with Crippen LogP contribution in [-0.2, 0) is 16.1 Å². The van der Waals surface area contributed by atoms with Gasteiger partial charge in [0.2, 0.25) is 0 Å². The molecule has 0 bridgehead atoms. The molecular weight excluding hydrogens is 392 g/mol. The molecule has 6 nitrogen and oxygen atoms in total. The van der Waals surface area contributed by atoms with Gasteiger partial charge >= 0.3 is 0 Å². The maximum absolute atomic E-state index is 14.3. The van der Waals surface area contributed by atoms with Crippen LogP contribution in [0, 0.1) is 17.0 Å². The summed E-state index contributed by atoms with van der Waals surface area (Å²) in [6.45, 7) is 1.84. The molecule has 0 spiro atoms. The number of halogens is 3. The van der Waals surface area contributed by atoms with Crippen LogP contribution in [0.4, 0.5) is 8.78 Å². The number of nitrogens with two attached hydrogens (primary N) is 1. The molecule has 0 fully saturated rings. The first-order chi connectivity index (χ1) is 12.9. The predicted octanol–water partition coefficient (Wildman–Crippen LogP) is 3.07. The lowest BCUT2D eigenvalue weighted by Gasteiger charge is -2.19. The van der Waals surface area contributed by atoms with E-state index < -0.39 is 29.2 Å². The van der Waals surface area contributed by atoms with Gasteiger partial charge in [-0.05, 0) is 12.5 Å². The van der Waals surface area contributed by atoms with Gasteiger partial charge in [-0.1, -0.05) is 24.3 Å². The third kappa shape index (κ3) is 5.64. The van der Waals surface area contributed by atoms with Crippen LogP contribution in [0.25, 0.3) is 0 Å². The minimum absolute atomic E-state index is 0. The summed E-state index contributed by atoms with van der Waals surface area (Å²) < 4.78 is 38.7. The Morgan fingerprint density at radius 3 is 2.25 bits per heavy atom. The second-order valence-electron chi connectivity index (χ2n) is 5.67. The summed E-state index contributed by atoms with van der Waals surface area (Å²) in [5, 5.41) is 9.96. The van der Waals surface area contributed by atoms with Crippen LogP contribution in [0.15, 0.2) is 36.4 Å². The van der Waals surface area contributed by atoms with Crippen LogP contribution in [0.5, 0.6) is 5.75 Å². The van der Waals surface area contributed by atoms with Gasteiger partial charge in [-0.3, -0.25) is 10.2 Å². The minimum Gasteiger partial charge on any atom is -0.497 e. The van der Waals surface area contributed by atoms with Gasteiger partial charge in [0.15, 0.2) is 6.10 Å². The van der Waals surface area contributed by atoms with Crippen LogP contribution in [-0.4, -0.2) is 25.5 Å². The van der Waals surface area contributed by atoms with E-state index in [9.17, 15) is 13.6 Å². The SMILES string of the molecule is CCO[C@H](C(=O)NCc1ccc(C(=N)N)cc1)c1c(F)cc(OC)cc1F.Cl. The summed E-state index contributed by atoms with van der Waals surface area (Å²) >= 11 is 0. The van der Waals surface area contributed by atoms with E-state index in [0.29, 0.717) is 5.56 Å². The maximum atomic E-state index is 14.3. The van der Waals surface area contributed by atoms with E-state index in [2.05, 4.69) is 5.32 Å². The van der Waals surface area contributed by atoms with Crippen molar-refractivity contribution in [1.29, 1.82) is 5.41 Å². The Morgan fingerprint density at radius 2 is 1.79 bits per heavy atom.